The highest BCUT2D eigenvalue weighted by Gasteiger charge is 2.32. The predicted octanol–water partition coefficient (Wildman–Crippen LogP) is 1.94. The molecule has 1 aliphatic rings. The monoisotopic (exact) mass is 233 g/mol. The molecule has 0 atom stereocenters. The molecule has 92 valence electrons. The molecule has 0 saturated heterocycles. The van der Waals surface area contributed by atoms with E-state index in [1.54, 1.807) is 6.07 Å². The summed E-state index contributed by atoms with van der Waals surface area (Å²) in [6.07, 6.45) is 4.31. The van der Waals surface area contributed by atoms with Crippen molar-refractivity contribution in [1.82, 2.24) is 0 Å². The van der Waals surface area contributed by atoms with Crippen molar-refractivity contribution in [3.8, 4) is 0 Å². The Hall–Kier alpha value is -1.35. The molecule has 0 radical (unpaired) electrons. The van der Waals surface area contributed by atoms with E-state index in [0.717, 1.165) is 36.8 Å². The van der Waals surface area contributed by atoms with E-state index in [9.17, 15) is 9.90 Å². The van der Waals surface area contributed by atoms with Crippen LogP contribution in [0.15, 0.2) is 18.2 Å². The molecule has 0 aliphatic heterocycles. The van der Waals surface area contributed by atoms with Crippen LogP contribution in [0, 0.1) is 6.92 Å². The summed E-state index contributed by atoms with van der Waals surface area (Å²) in [6.45, 7) is 1.96. The maximum absolute atomic E-state index is 11.4. The molecule has 0 spiro atoms. The first kappa shape index (κ1) is 12.1. The molecule has 2 rings (SSSR count). The van der Waals surface area contributed by atoms with E-state index in [4.69, 9.17) is 5.73 Å². The minimum atomic E-state index is -0.643. The molecule has 0 bridgehead atoms. The minimum absolute atomic E-state index is 0.412. The van der Waals surface area contributed by atoms with Crippen LogP contribution in [0.4, 0.5) is 0 Å². The van der Waals surface area contributed by atoms with Gasteiger partial charge in [-0.05, 0) is 37.0 Å². The first-order valence-corrected chi connectivity index (χ1v) is 6.12. The van der Waals surface area contributed by atoms with Crippen molar-refractivity contribution in [3.05, 3.63) is 34.9 Å². The Kier molecular flexibility index (Phi) is 3.20. The number of hydrogen-bond acceptors (Lipinski definition) is 2. The molecule has 3 heteroatoms. The van der Waals surface area contributed by atoms with Gasteiger partial charge in [-0.25, -0.2) is 0 Å². The van der Waals surface area contributed by atoms with Crippen LogP contribution >= 0.6 is 0 Å². The summed E-state index contributed by atoms with van der Waals surface area (Å²) in [4.78, 5) is 11.4. The molecule has 1 aliphatic carbocycles. The summed E-state index contributed by atoms with van der Waals surface area (Å²) >= 11 is 0. The maximum atomic E-state index is 11.4. The van der Waals surface area contributed by atoms with Gasteiger partial charge in [0, 0.05) is 12.0 Å². The Bertz CT molecular complexity index is 434. The summed E-state index contributed by atoms with van der Waals surface area (Å²) in [5, 5.41) is 10.4. The summed E-state index contributed by atoms with van der Waals surface area (Å²) in [7, 11) is 0. The van der Waals surface area contributed by atoms with E-state index in [2.05, 4.69) is 0 Å². The van der Waals surface area contributed by atoms with Gasteiger partial charge in [-0.1, -0.05) is 25.0 Å². The third kappa shape index (κ3) is 2.50. The second kappa shape index (κ2) is 4.49. The normalized spacial score (nSPS) is 18.2. The fraction of sp³-hybridized carbons (Fsp3) is 0.500. The zero-order chi connectivity index (χ0) is 12.5. The van der Waals surface area contributed by atoms with Crippen LogP contribution < -0.4 is 5.73 Å². The molecule has 1 amide bonds. The minimum Gasteiger partial charge on any atom is -0.390 e. The Labute approximate surface area is 102 Å². The number of primary amides is 1. The number of benzene rings is 1. The average molecular weight is 233 g/mol. The van der Waals surface area contributed by atoms with Crippen LogP contribution in [0.2, 0.25) is 0 Å². The van der Waals surface area contributed by atoms with E-state index < -0.39 is 11.5 Å². The smallest absolute Gasteiger partial charge is 0.248 e. The van der Waals surface area contributed by atoms with E-state index in [1.807, 2.05) is 19.1 Å². The number of carbonyl (C=O) groups excluding carboxylic acids is 1. The van der Waals surface area contributed by atoms with E-state index in [1.165, 1.54) is 0 Å². The van der Waals surface area contributed by atoms with Gasteiger partial charge in [0.1, 0.15) is 0 Å². The molecule has 1 saturated carbocycles. The number of aryl methyl sites for hydroxylation is 1. The molecule has 1 aromatic rings. The zero-order valence-corrected chi connectivity index (χ0v) is 10.2. The molecule has 1 fully saturated rings. The van der Waals surface area contributed by atoms with Gasteiger partial charge >= 0.3 is 0 Å². The molecule has 1 aromatic carbocycles. The number of amides is 1. The maximum Gasteiger partial charge on any atom is 0.248 e. The Morgan fingerprint density at radius 2 is 2.06 bits per heavy atom. The predicted molar refractivity (Wildman–Crippen MR) is 66.8 cm³/mol. The van der Waals surface area contributed by atoms with E-state index in [-0.39, 0.29) is 0 Å². The van der Waals surface area contributed by atoms with Gasteiger partial charge in [0.2, 0.25) is 5.91 Å². The molecular formula is C14H19NO2. The largest absolute Gasteiger partial charge is 0.390 e. The van der Waals surface area contributed by atoms with Crippen molar-refractivity contribution in [2.45, 2.75) is 44.6 Å². The number of hydrogen-bond donors (Lipinski definition) is 2. The molecular weight excluding hydrogens is 214 g/mol. The summed E-state index contributed by atoms with van der Waals surface area (Å²) in [5.74, 6) is -0.412. The molecule has 0 unspecified atom stereocenters. The molecule has 3 nitrogen and oxygen atoms in total. The highest BCUT2D eigenvalue weighted by Crippen LogP contribution is 2.34. The van der Waals surface area contributed by atoms with Gasteiger partial charge in [0.15, 0.2) is 0 Å². The van der Waals surface area contributed by atoms with Crippen molar-refractivity contribution in [3.63, 3.8) is 0 Å². The lowest BCUT2D eigenvalue weighted by atomic mass is 9.88. The standard InChI is InChI=1S/C14H19NO2/c1-10-5-4-6-11(13(15)16)12(10)9-14(17)7-2-3-8-14/h4-6,17H,2-3,7-9H2,1H3,(H2,15,16). The van der Waals surface area contributed by atoms with Gasteiger partial charge in [-0.2, -0.15) is 0 Å². The topological polar surface area (TPSA) is 63.3 Å². The lowest BCUT2D eigenvalue weighted by molar-refractivity contribution is 0.0478. The van der Waals surface area contributed by atoms with Crippen LogP contribution in [-0.4, -0.2) is 16.6 Å². The highest BCUT2D eigenvalue weighted by atomic mass is 16.3. The van der Waals surface area contributed by atoms with Gasteiger partial charge in [-0.15, -0.1) is 0 Å². The molecule has 0 aromatic heterocycles. The number of rotatable bonds is 3. The van der Waals surface area contributed by atoms with E-state index >= 15 is 0 Å². The number of nitrogens with two attached hydrogens (primary N) is 1. The zero-order valence-electron chi connectivity index (χ0n) is 10.2. The van der Waals surface area contributed by atoms with Crippen LogP contribution in [0.3, 0.4) is 0 Å². The van der Waals surface area contributed by atoms with Crippen molar-refractivity contribution < 1.29 is 9.90 Å². The molecule has 0 heterocycles. The lowest BCUT2D eigenvalue weighted by Gasteiger charge is -2.24. The van der Waals surface area contributed by atoms with Gasteiger partial charge in [0.05, 0.1) is 5.60 Å². The van der Waals surface area contributed by atoms with Crippen molar-refractivity contribution in [1.29, 1.82) is 0 Å². The Morgan fingerprint density at radius 3 is 2.65 bits per heavy atom. The summed E-state index contributed by atoms with van der Waals surface area (Å²) in [6, 6.07) is 5.53. The highest BCUT2D eigenvalue weighted by molar-refractivity contribution is 5.94. The fourth-order valence-electron chi connectivity index (χ4n) is 2.71. The Morgan fingerprint density at radius 1 is 1.41 bits per heavy atom. The fourth-order valence-corrected chi connectivity index (χ4v) is 2.71. The number of aliphatic hydroxyl groups is 1. The quantitative estimate of drug-likeness (QED) is 0.838. The molecule has 17 heavy (non-hydrogen) atoms. The second-order valence-corrected chi connectivity index (χ2v) is 5.07. The van der Waals surface area contributed by atoms with E-state index in [0.29, 0.717) is 12.0 Å². The average Bonchev–Trinajstić information content (AvgIpc) is 2.68. The van der Waals surface area contributed by atoms with Gasteiger partial charge < -0.3 is 10.8 Å². The SMILES string of the molecule is Cc1cccc(C(N)=O)c1CC1(O)CCCC1. The third-order valence-corrected chi connectivity index (χ3v) is 3.72. The second-order valence-electron chi connectivity index (χ2n) is 5.07. The van der Waals surface area contributed by atoms with Crippen molar-refractivity contribution >= 4 is 5.91 Å². The third-order valence-electron chi connectivity index (χ3n) is 3.72. The first-order chi connectivity index (χ1) is 8.02. The van der Waals surface area contributed by atoms with Crippen LogP contribution in [0.1, 0.15) is 47.2 Å². The van der Waals surface area contributed by atoms with Crippen molar-refractivity contribution in [2.75, 3.05) is 0 Å². The molecule has 3 N–H and O–H groups in total. The summed E-state index contributed by atoms with van der Waals surface area (Å²) < 4.78 is 0. The van der Waals surface area contributed by atoms with Crippen molar-refractivity contribution in [2.24, 2.45) is 5.73 Å². The first-order valence-electron chi connectivity index (χ1n) is 6.12. The van der Waals surface area contributed by atoms with Gasteiger partial charge in [0.25, 0.3) is 0 Å². The van der Waals surface area contributed by atoms with Crippen LogP contribution in [0.25, 0.3) is 0 Å². The number of carbonyl (C=O) groups is 1. The summed E-state index contributed by atoms with van der Waals surface area (Å²) in [5.41, 5.74) is 7.22. The van der Waals surface area contributed by atoms with Gasteiger partial charge in [-0.3, -0.25) is 4.79 Å². The van der Waals surface area contributed by atoms with Crippen LogP contribution in [-0.2, 0) is 6.42 Å². The lowest BCUT2D eigenvalue weighted by Crippen LogP contribution is -2.29. The van der Waals surface area contributed by atoms with Crippen LogP contribution in [0.5, 0.6) is 0 Å². The Balaban J connectivity index is 2.34.